The van der Waals surface area contributed by atoms with Gasteiger partial charge in [0.1, 0.15) is 5.52 Å². The highest BCUT2D eigenvalue weighted by Gasteiger charge is 2.28. The fraction of sp³-hybridized carbons (Fsp3) is 0.312. The summed E-state index contributed by atoms with van der Waals surface area (Å²) in [4.78, 5) is 43.8. The van der Waals surface area contributed by atoms with E-state index in [0.29, 0.717) is 5.56 Å². The highest BCUT2D eigenvalue weighted by Crippen LogP contribution is 2.29. The number of amides is 2. The molecule has 0 saturated carbocycles. The van der Waals surface area contributed by atoms with Gasteiger partial charge < -0.3 is 24.7 Å². The van der Waals surface area contributed by atoms with Crippen molar-refractivity contribution in [3.05, 3.63) is 83.1 Å². The Kier molecular flexibility index (Phi) is 8.61. The third-order valence-corrected chi connectivity index (χ3v) is 7.40. The largest absolute Gasteiger partial charge is 0.445 e. The van der Waals surface area contributed by atoms with Crippen molar-refractivity contribution in [2.24, 2.45) is 0 Å². The number of fused-ring (bicyclic) bond motifs is 1. The van der Waals surface area contributed by atoms with Gasteiger partial charge in [-0.15, -0.1) is 11.5 Å². The number of piperazine rings is 1. The molecule has 2 amide bonds. The minimum absolute atomic E-state index is 0.0412. The molecule has 1 fully saturated rings. The number of rotatable bonds is 8. The van der Waals surface area contributed by atoms with Gasteiger partial charge >= 0.3 is 6.09 Å². The van der Waals surface area contributed by atoms with Crippen molar-refractivity contribution in [1.29, 1.82) is 0 Å². The van der Waals surface area contributed by atoms with Crippen LogP contribution in [0.1, 0.15) is 45.9 Å². The van der Waals surface area contributed by atoms with E-state index < -0.39 is 23.4 Å². The van der Waals surface area contributed by atoms with E-state index in [-0.39, 0.29) is 29.3 Å². The van der Waals surface area contributed by atoms with Gasteiger partial charge in [0.05, 0.1) is 5.54 Å². The predicted octanol–water partition coefficient (Wildman–Crippen LogP) is 3.91. The molecule has 0 spiro atoms. The number of likely N-dealkylation sites (N-methyl/N-ethyl adjacent to an activating group) is 1. The van der Waals surface area contributed by atoms with Crippen molar-refractivity contribution >= 4 is 34.8 Å². The zero-order valence-electron chi connectivity index (χ0n) is 24.4. The van der Waals surface area contributed by atoms with Crippen molar-refractivity contribution in [1.82, 2.24) is 24.9 Å². The summed E-state index contributed by atoms with van der Waals surface area (Å²) in [5.41, 5.74) is 1.86. The summed E-state index contributed by atoms with van der Waals surface area (Å²) < 4.78 is 11.8. The van der Waals surface area contributed by atoms with Crippen molar-refractivity contribution in [3.8, 4) is 12.3 Å². The number of carbonyl (C=O) groups is 3. The fourth-order valence-corrected chi connectivity index (χ4v) is 4.88. The molecule has 1 saturated heterocycles. The number of furan rings is 1. The first-order chi connectivity index (χ1) is 20.6. The van der Waals surface area contributed by atoms with Crippen LogP contribution in [-0.2, 0) is 16.8 Å². The summed E-state index contributed by atoms with van der Waals surface area (Å²) >= 11 is 0. The van der Waals surface area contributed by atoms with Gasteiger partial charge in [-0.3, -0.25) is 14.5 Å². The number of ether oxygens (including phenoxy) is 1. The Bertz CT molecular complexity index is 1660. The third-order valence-electron chi connectivity index (χ3n) is 7.40. The Labute approximate surface area is 249 Å². The quantitative estimate of drug-likeness (QED) is 0.300. The Hall–Kier alpha value is -4.92. The van der Waals surface area contributed by atoms with Crippen LogP contribution in [0.4, 0.5) is 10.6 Å². The molecule has 11 heteroatoms. The van der Waals surface area contributed by atoms with E-state index in [4.69, 9.17) is 15.6 Å². The van der Waals surface area contributed by atoms with Crippen molar-refractivity contribution in [2.45, 2.75) is 25.9 Å². The molecule has 2 N–H and O–H groups in total. The number of nitrogens with one attached hydrogen (secondary N) is 2. The van der Waals surface area contributed by atoms with Crippen molar-refractivity contribution in [3.63, 3.8) is 0 Å². The smallest absolute Gasteiger partial charge is 0.436 e. The maximum atomic E-state index is 13.2. The molecule has 2 aromatic carbocycles. The first kappa shape index (κ1) is 29.6. The zero-order chi connectivity index (χ0) is 30.6. The highest BCUT2D eigenvalue weighted by molar-refractivity contribution is 6.08. The summed E-state index contributed by atoms with van der Waals surface area (Å²) in [5, 5.41) is 9.85. The minimum Gasteiger partial charge on any atom is -0.445 e. The van der Waals surface area contributed by atoms with E-state index in [0.717, 1.165) is 48.5 Å². The van der Waals surface area contributed by atoms with Crippen LogP contribution < -0.4 is 10.6 Å². The van der Waals surface area contributed by atoms with Crippen LogP contribution in [0.25, 0.3) is 11.1 Å². The van der Waals surface area contributed by atoms with Gasteiger partial charge in [-0.05, 0) is 44.2 Å². The molecule has 1 aliphatic heterocycles. The number of aromatic nitrogens is 2. The lowest BCUT2D eigenvalue weighted by molar-refractivity contribution is 0.0885. The average Bonchev–Trinajstić information content (AvgIpc) is 3.58. The van der Waals surface area contributed by atoms with Gasteiger partial charge in [-0.25, -0.2) is 4.79 Å². The molecule has 0 unspecified atom stereocenters. The standard InChI is InChI=1S/C32H34N6O5/c1-5-19-42-31(41)38-25-20-26(30(40)34-32(2,3)24-9-7-6-8-10-24)43-27(25)28(35-38)33-29(39)23-13-11-22(12-14-23)21-37-17-15-36(4)16-18-37/h1,6-14,20H,15-19,21H2,2-4H3,(H,34,40)(H,33,35,39). The van der Waals surface area contributed by atoms with Crippen LogP contribution in [-0.4, -0.2) is 77.3 Å². The van der Waals surface area contributed by atoms with E-state index in [9.17, 15) is 14.4 Å². The van der Waals surface area contributed by atoms with Crippen molar-refractivity contribution < 1.29 is 23.5 Å². The number of hydrogen-bond acceptors (Lipinski definition) is 8. The van der Waals surface area contributed by atoms with Gasteiger partial charge in [0.25, 0.3) is 11.8 Å². The molecular weight excluding hydrogens is 548 g/mol. The van der Waals surface area contributed by atoms with Crippen LogP contribution in [0.15, 0.2) is 65.1 Å². The van der Waals surface area contributed by atoms with Gasteiger partial charge in [-0.1, -0.05) is 48.4 Å². The summed E-state index contributed by atoms with van der Waals surface area (Å²) in [6.45, 7) is 8.30. The van der Waals surface area contributed by atoms with Crippen LogP contribution >= 0.6 is 0 Å². The molecule has 0 radical (unpaired) electrons. The molecule has 3 heterocycles. The molecule has 2 aromatic heterocycles. The monoisotopic (exact) mass is 582 g/mol. The zero-order valence-corrected chi connectivity index (χ0v) is 24.4. The Morgan fingerprint density at radius 1 is 1.02 bits per heavy atom. The van der Waals surface area contributed by atoms with Gasteiger partial charge in [-0.2, -0.15) is 4.68 Å². The topological polar surface area (TPSA) is 122 Å². The fourth-order valence-electron chi connectivity index (χ4n) is 4.88. The first-order valence-corrected chi connectivity index (χ1v) is 14.0. The third kappa shape index (κ3) is 6.77. The average molecular weight is 583 g/mol. The second kappa shape index (κ2) is 12.5. The second-order valence-electron chi connectivity index (χ2n) is 11.0. The number of benzene rings is 2. The lowest BCUT2D eigenvalue weighted by atomic mass is 9.94. The van der Waals surface area contributed by atoms with Gasteiger partial charge in [0.2, 0.25) is 0 Å². The van der Waals surface area contributed by atoms with Gasteiger partial charge in [0.15, 0.2) is 23.8 Å². The number of terminal acetylenes is 1. The number of anilines is 1. The van der Waals surface area contributed by atoms with Crippen LogP contribution in [0.2, 0.25) is 0 Å². The minimum atomic E-state index is -0.880. The van der Waals surface area contributed by atoms with E-state index in [1.54, 1.807) is 12.1 Å². The molecule has 0 atom stereocenters. The Morgan fingerprint density at radius 2 is 1.72 bits per heavy atom. The number of nitrogens with zero attached hydrogens (tertiary/aromatic N) is 4. The maximum absolute atomic E-state index is 13.2. The summed E-state index contributed by atoms with van der Waals surface area (Å²) in [5.74, 6) is 1.15. The van der Waals surface area contributed by atoms with E-state index >= 15 is 0 Å². The van der Waals surface area contributed by atoms with Crippen LogP contribution in [0, 0.1) is 12.3 Å². The summed E-state index contributed by atoms with van der Waals surface area (Å²) in [6.07, 6.45) is 4.35. The molecule has 5 rings (SSSR count). The summed E-state index contributed by atoms with van der Waals surface area (Å²) in [7, 11) is 2.12. The van der Waals surface area contributed by atoms with Crippen LogP contribution in [0.5, 0.6) is 0 Å². The SMILES string of the molecule is C#CCOC(=O)n1nc(NC(=O)c2ccc(CN3CCN(C)CC3)cc2)c2oc(C(=O)NC(C)(C)c3ccccc3)cc21. The molecule has 222 valence electrons. The van der Waals surface area contributed by atoms with E-state index in [1.807, 2.05) is 56.3 Å². The summed E-state index contributed by atoms with van der Waals surface area (Å²) in [6, 6.07) is 18.2. The molecular formula is C32H34N6O5. The second-order valence-corrected chi connectivity index (χ2v) is 11.0. The van der Waals surface area contributed by atoms with E-state index in [1.165, 1.54) is 6.07 Å². The molecule has 1 aliphatic rings. The lowest BCUT2D eigenvalue weighted by Gasteiger charge is -2.32. The number of carbonyl (C=O) groups excluding carboxylic acids is 3. The molecule has 43 heavy (non-hydrogen) atoms. The Balaban J connectivity index is 1.36. The Morgan fingerprint density at radius 3 is 2.40 bits per heavy atom. The predicted molar refractivity (Wildman–Crippen MR) is 162 cm³/mol. The van der Waals surface area contributed by atoms with Gasteiger partial charge in [0, 0.05) is 44.4 Å². The molecule has 0 aliphatic carbocycles. The normalized spacial score (nSPS) is 14.3. The molecule has 0 bridgehead atoms. The molecule has 11 nitrogen and oxygen atoms in total. The first-order valence-electron chi connectivity index (χ1n) is 14.0. The lowest BCUT2D eigenvalue weighted by Crippen LogP contribution is -2.43. The van der Waals surface area contributed by atoms with E-state index in [2.05, 4.69) is 38.5 Å². The molecule has 4 aromatic rings. The maximum Gasteiger partial charge on any atom is 0.436 e. The number of hydrogen-bond donors (Lipinski definition) is 2. The highest BCUT2D eigenvalue weighted by atomic mass is 16.6. The van der Waals surface area contributed by atoms with Crippen molar-refractivity contribution in [2.75, 3.05) is 45.2 Å². The van der Waals surface area contributed by atoms with Crippen LogP contribution in [0.3, 0.4) is 0 Å².